The number of aromatic hydroxyl groups is 1. The van der Waals surface area contributed by atoms with Gasteiger partial charge in [0.1, 0.15) is 11.5 Å². The van der Waals surface area contributed by atoms with Crippen LogP contribution >= 0.6 is 11.6 Å². The minimum atomic E-state index is 0.199. The number of methoxy groups -OCH3 is 1. The summed E-state index contributed by atoms with van der Waals surface area (Å²) in [6, 6.07) is 13.4. The second kappa shape index (κ2) is 7.34. The fourth-order valence-electron chi connectivity index (χ4n) is 2.27. The molecule has 0 aliphatic carbocycles. The number of halogens is 1. The van der Waals surface area contributed by atoms with Crippen molar-refractivity contribution in [2.45, 2.75) is 25.9 Å². The number of nitrogens with one attached hydrogen (secondary N) is 1. The first-order chi connectivity index (χ1) is 10.1. The van der Waals surface area contributed by atoms with Gasteiger partial charge in [0.05, 0.1) is 7.11 Å². The zero-order valence-corrected chi connectivity index (χ0v) is 13.0. The molecule has 1 unspecified atom stereocenters. The summed E-state index contributed by atoms with van der Waals surface area (Å²) in [7, 11) is 1.58. The Morgan fingerprint density at radius 1 is 1.24 bits per heavy atom. The van der Waals surface area contributed by atoms with E-state index < -0.39 is 0 Å². The van der Waals surface area contributed by atoms with Crippen LogP contribution in [0.5, 0.6) is 11.5 Å². The van der Waals surface area contributed by atoms with E-state index in [1.54, 1.807) is 13.2 Å². The second-order valence-corrected chi connectivity index (χ2v) is 5.33. The van der Waals surface area contributed by atoms with E-state index in [1.807, 2.05) is 30.3 Å². The van der Waals surface area contributed by atoms with Crippen LogP contribution in [0, 0.1) is 0 Å². The van der Waals surface area contributed by atoms with E-state index in [-0.39, 0.29) is 11.8 Å². The zero-order valence-electron chi connectivity index (χ0n) is 12.3. The van der Waals surface area contributed by atoms with Crippen molar-refractivity contribution in [3.05, 3.63) is 58.6 Å². The molecule has 0 spiro atoms. The molecule has 0 heterocycles. The maximum Gasteiger partial charge on any atom is 0.123 e. The van der Waals surface area contributed by atoms with Crippen molar-refractivity contribution in [1.82, 2.24) is 5.32 Å². The Morgan fingerprint density at radius 3 is 2.67 bits per heavy atom. The van der Waals surface area contributed by atoms with Crippen LogP contribution in [-0.4, -0.2) is 12.2 Å². The van der Waals surface area contributed by atoms with Crippen molar-refractivity contribution >= 4 is 11.6 Å². The molecule has 3 nitrogen and oxygen atoms in total. The number of hydrogen-bond donors (Lipinski definition) is 2. The van der Waals surface area contributed by atoms with Crippen molar-refractivity contribution in [1.29, 1.82) is 0 Å². The van der Waals surface area contributed by atoms with Crippen LogP contribution in [0.3, 0.4) is 0 Å². The van der Waals surface area contributed by atoms with Crippen molar-refractivity contribution in [3.63, 3.8) is 0 Å². The first kappa shape index (κ1) is 15.7. The highest BCUT2D eigenvalue weighted by Crippen LogP contribution is 2.25. The lowest BCUT2D eigenvalue weighted by Crippen LogP contribution is -2.20. The third kappa shape index (κ3) is 4.13. The van der Waals surface area contributed by atoms with Gasteiger partial charge in [-0.05, 0) is 30.2 Å². The van der Waals surface area contributed by atoms with Gasteiger partial charge in [-0.25, -0.2) is 0 Å². The minimum absolute atomic E-state index is 0.199. The molecule has 2 aromatic carbocycles. The van der Waals surface area contributed by atoms with Crippen LogP contribution in [0.15, 0.2) is 42.5 Å². The quantitative estimate of drug-likeness (QED) is 0.836. The van der Waals surface area contributed by atoms with Crippen LogP contribution in [0.25, 0.3) is 0 Å². The lowest BCUT2D eigenvalue weighted by molar-refractivity contribution is 0.405. The average Bonchev–Trinajstić information content (AvgIpc) is 2.49. The van der Waals surface area contributed by atoms with E-state index in [9.17, 15) is 5.11 Å². The summed E-state index contributed by atoms with van der Waals surface area (Å²) in [4.78, 5) is 0. The Kier molecular flexibility index (Phi) is 5.48. The van der Waals surface area contributed by atoms with E-state index in [0.29, 0.717) is 12.3 Å². The molecule has 1 atom stereocenters. The van der Waals surface area contributed by atoms with Gasteiger partial charge in [-0.3, -0.25) is 0 Å². The average molecular weight is 306 g/mol. The standard InChI is InChI=1S/C17H20ClNO2/c1-3-16(12-5-4-6-14(18)9-12)19-11-13-7-8-15(21-2)10-17(13)20/h4-10,16,19-20H,3,11H2,1-2H3. The molecule has 2 N–H and O–H groups in total. The lowest BCUT2D eigenvalue weighted by atomic mass is 10.0. The maximum absolute atomic E-state index is 9.98. The SMILES string of the molecule is CCC(NCc1ccc(OC)cc1O)c1cccc(Cl)c1. The molecular weight excluding hydrogens is 286 g/mol. The lowest BCUT2D eigenvalue weighted by Gasteiger charge is -2.18. The van der Waals surface area contributed by atoms with E-state index in [0.717, 1.165) is 22.6 Å². The first-order valence-corrected chi connectivity index (χ1v) is 7.36. The Labute approximate surface area is 130 Å². The van der Waals surface area contributed by atoms with Crippen LogP contribution in [0.2, 0.25) is 5.02 Å². The molecule has 0 aromatic heterocycles. The van der Waals surface area contributed by atoms with Crippen LogP contribution in [-0.2, 0) is 6.54 Å². The molecule has 0 fully saturated rings. The first-order valence-electron chi connectivity index (χ1n) is 6.98. The largest absolute Gasteiger partial charge is 0.507 e. The second-order valence-electron chi connectivity index (χ2n) is 4.89. The summed E-state index contributed by atoms with van der Waals surface area (Å²) in [6.07, 6.45) is 0.942. The van der Waals surface area contributed by atoms with E-state index in [4.69, 9.17) is 16.3 Å². The summed E-state index contributed by atoms with van der Waals surface area (Å²) < 4.78 is 5.08. The van der Waals surface area contributed by atoms with Gasteiger partial charge in [0.2, 0.25) is 0 Å². The molecule has 4 heteroatoms. The van der Waals surface area contributed by atoms with Gasteiger partial charge in [-0.1, -0.05) is 36.7 Å². The molecule has 0 bridgehead atoms. The van der Waals surface area contributed by atoms with E-state index in [2.05, 4.69) is 18.3 Å². The Balaban J connectivity index is 2.06. The zero-order chi connectivity index (χ0) is 15.2. The predicted octanol–water partition coefficient (Wildman–Crippen LogP) is 4.30. The Hall–Kier alpha value is -1.71. The minimum Gasteiger partial charge on any atom is -0.507 e. The number of rotatable bonds is 6. The summed E-state index contributed by atoms with van der Waals surface area (Å²) in [6.45, 7) is 2.70. The normalized spacial score (nSPS) is 12.1. The predicted molar refractivity (Wildman–Crippen MR) is 86.0 cm³/mol. The number of ether oxygens (including phenoxy) is 1. The highest BCUT2D eigenvalue weighted by atomic mass is 35.5. The van der Waals surface area contributed by atoms with Gasteiger partial charge < -0.3 is 15.2 Å². The molecule has 0 saturated heterocycles. The molecule has 0 radical (unpaired) electrons. The molecule has 0 aliphatic rings. The molecule has 0 saturated carbocycles. The number of hydrogen-bond acceptors (Lipinski definition) is 3. The topological polar surface area (TPSA) is 41.5 Å². The highest BCUT2D eigenvalue weighted by Gasteiger charge is 2.10. The van der Waals surface area contributed by atoms with Gasteiger partial charge in [0, 0.05) is 29.2 Å². The maximum atomic E-state index is 9.98. The van der Waals surface area contributed by atoms with Crippen LogP contribution < -0.4 is 10.1 Å². The van der Waals surface area contributed by atoms with Crippen molar-refractivity contribution in [3.8, 4) is 11.5 Å². The third-order valence-electron chi connectivity index (χ3n) is 3.49. The molecule has 2 aromatic rings. The van der Waals surface area contributed by atoms with Crippen molar-refractivity contribution < 1.29 is 9.84 Å². The number of phenols is 1. The molecule has 112 valence electrons. The van der Waals surface area contributed by atoms with Gasteiger partial charge in [-0.2, -0.15) is 0 Å². The fraction of sp³-hybridized carbons (Fsp3) is 0.294. The van der Waals surface area contributed by atoms with Crippen molar-refractivity contribution in [2.75, 3.05) is 7.11 Å². The Bertz CT molecular complexity index is 601. The third-order valence-corrected chi connectivity index (χ3v) is 3.73. The Morgan fingerprint density at radius 2 is 2.05 bits per heavy atom. The van der Waals surface area contributed by atoms with Crippen LogP contribution in [0.4, 0.5) is 0 Å². The molecular formula is C17H20ClNO2. The van der Waals surface area contributed by atoms with E-state index >= 15 is 0 Å². The molecule has 0 aliphatic heterocycles. The summed E-state index contributed by atoms with van der Waals surface area (Å²) in [5, 5.41) is 14.2. The smallest absolute Gasteiger partial charge is 0.123 e. The monoisotopic (exact) mass is 305 g/mol. The van der Waals surface area contributed by atoms with Crippen LogP contribution in [0.1, 0.15) is 30.5 Å². The fourth-order valence-corrected chi connectivity index (χ4v) is 2.47. The molecule has 21 heavy (non-hydrogen) atoms. The van der Waals surface area contributed by atoms with Crippen molar-refractivity contribution in [2.24, 2.45) is 0 Å². The van der Waals surface area contributed by atoms with Gasteiger partial charge in [0.25, 0.3) is 0 Å². The van der Waals surface area contributed by atoms with Gasteiger partial charge in [0.15, 0.2) is 0 Å². The summed E-state index contributed by atoms with van der Waals surface area (Å²) >= 11 is 6.04. The summed E-state index contributed by atoms with van der Waals surface area (Å²) in [5.41, 5.74) is 1.99. The van der Waals surface area contributed by atoms with E-state index in [1.165, 1.54) is 0 Å². The van der Waals surface area contributed by atoms with Gasteiger partial charge >= 0.3 is 0 Å². The number of phenolic OH excluding ortho intramolecular Hbond substituents is 1. The molecule has 0 amide bonds. The number of benzene rings is 2. The van der Waals surface area contributed by atoms with Gasteiger partial charge in [-0.15, -0.1) is 0 Å². The summed E-state index contributed by atoms with van der Waals surface area (Å²) in [5.74, 6) is 0.890. The molecule has 2 rings (SSSR count). The highest BCUT2D eigenvalue weighted by molar-refractivity contribution is 6.30.